The molecule has 0 unspecified atom stereocenters. The number of carbonyl (C=O) groups excluding carboxylic acids is 3. The Morgan fingerprint density at radius 3 is 2.56 bits per heavy atom. The summed E-state index contributed by atoms with van der Waals surface area (Å²) in [6.45, 7) is -0.531. The second-order valence-corrected chi connectivity index (χ2v) is 8.09. The van der Waals surface area contributed by atoms with Crippen LogP contribution in [0.4, 0.5) is 5.82 Å². The molecule has 0 saturated heterocycles. The van der Waals surface area contributed by atoms with Crippen molar-refractivity contribution in [1.82, 2.24) is 9.78 Å². The average Bonchev–Trinajstić information content (AvgIpc) is 3.28. The van der Waals surface area contributed by atoms with Gasteiger partial charge in [0.15, 0.2) is 18.2 Å². The Morgan fingerprint density at radius 2 is 1.79 bits per heavy atom. The number of rotatable bonds is 8. The molecule has 34 heavy (non-hydrogen) atoms. The first kappa shape index (κ1) is 22.9. The summed E-state index contributed by atoms with van der Waals surface area (Å²) in [5.41, 5.74) is 3.95. The lowest BCUT2D eigenvalue weighted by Gasteiger charge is -2.16. The number of hydrogen-bond acceptors (Lipinski definition) is 6. The van der Waals surface area contributed by atoms with E-state index in [1.165, 1.54) is 28.4 Å². The molecule has 1 aromatic heterocycles. The summed E-state index contributed by atoms with van der Waals surface area (Å²) < 4.78 is 6.46. The monoisotopic (exact) mass is 456 g/mol. The molecule has 0 radical (unpaired) electrons. The van der Waals surface area contributed by atoms with Crippen LogP contribution in [0.5, 0.6) is 0 Å². The van der Waals surface area contributed by atoms with Gasteiger partial charge in [-0.25, -0.2) is 4.68 Å². The highest BCUT2D eigenvalue weighted by atomic mass is 16.5. The lowest BCUT2D eigenvalue weighted by atomic mass is 9.89. The molecule has 2 aromatic carbocycles. The molecule has 8 heteroatoms. The third-order valence-electron chi connectivity index (χ3n) is 5.74. The molecule has 4 rings (SSSR count). The van der Waals surface area contributed by atoms with Crippen LogP contribution in [0.2, 0.25) is 0 Å². The molecule has 0 bridgehead atoms. The van der Waals surface area contributed by atoms with E-state index < -0.39 is 18.5 Å². The Bertz CT molecular complexity index is 1260. The maximum atomic E-state index is 12.5. The minimum absolute atomic E-state index is 0.0125. The van der Waals surface area contributed by atoms with Gasteiger partial charge in [0.2, 0.25) is 0 Å². The van der Waals surface area contributed by atoms with E-state index in [9.17, 15) is 19.6 Å². The van der Waals surface area contributed by atoms with Crippen molar-refractivity contribution in [1.29, 1.82) is 5.26 Å². The summed E-state index contributed by atoms with van der Waals surface area (Å²) in [6, 6.07) is 16.7. The normalized spacial score (nSPS) is 12.3. The summed E-state index contributed by atoms with van der Waals surface area (Å²) in [7, 11) is 0. The van der Waals surface area contributed by atoms with Gasteiger partial charge in [-0.15, -0.1) is 0 Å². The molecular formula is C26H24N4O4. The molecule has 1 aliphatic rings. The molecule has 1 amide bonds. The van der Waals surface area contributed by atoms with Gasteiger partial charge in [-0.2, -0.15) is 10.4 Å². The molecule has 0 spiro atoms. The zero-order chi connectivity index (χ0) is 23.9. The second kappa shape index (κ2) is 10.6. The summed E-state index contributed by atoms with van der Waals surface area (Å²) in [6.07, 6.45) is 5.56. The van der Waals surface area contributed by atoms with Crippen LogP contribution in [-0.2, 0) is 27.2 Å². The van der Waals surface area contributed by atoms with Gasteiger partial charge in [-0.3, -0.25) is 14.4 Å². The van der Waals surface area contributed by atoms with E-state index in [2.05, 4.69) is 10.4 Å². The minimum atomic E-state index is -0.640. The van der Waals surface area contributed by atoms with Crippen LogP contribution in [0.3, 0.4) is 0 Å². The Balaban J connectivity index is 1.29. The summed E-state index contributed by atoms with van der Waals surface area (Å²) in [4.78, 5) is 37.0. The number of esters is 1. The Labute approximate surface area is 197 Å². The van der Waals surface area contributed by atoms with Crippen molar-refractivity contribution in [2.45, 2.75) is 38.5 Å². The first-order chi connectivity index (χ1) is 16.5. The zero-order valence-corrected chi connectivity index (χ0v) is 18.6. The molecule has 0 fully saturated rings. The van der Waals surface area contributed by atoms with Crippen LogP contribution in [-0.4, -0.2) is 34.0 Å². The van der Waals surface area contributed by atoms with Crippen LogP contribution in [0, 0.1) is 11.3 Å². The van der Waals surface area contributed by atoms with Crippen molar-refractivity contribution < 1.29 is 19.1 Å². The number of Topliss-reactive ketones (excluding diaryl/α,β-unsaturated/α-hetero) is 1. The number of anilines is 1. The minimum Gasteiger partial charge on any atom is -0.456 e. The van der Waals surface area contributed by atoms with Crippen molar-refractivity contribution in [3.05, 3.63) is 77.0 Å². The van der Waals surface area contributed by atoms with Crippen molar-refractivity contribution in [2.75, 3.05) is 11.9 Å². The van der Waals surface area contributed by atoms with Crippen LogP contribution in [0.1, 0.15) is 52.7 Å². The molecule has 8 nitrogen and oxygen atoms in total. The highest BCUT2D eigenvalue weighted by Gasteiger charge is 2.18. The van der Waals surface area contributed by atoms with Gasteiger partial charge in [0.1, 0.15) is 11.6 Å². The van der Waals surface area contributed by atoms with Crippen molar-refractivity contribution in [3.8, 4) is 11.8 Å². The number of amides is 1. The Kier molecular flexibility index (Phi) is 7.13. The fourth-order valence-electron chi connectivity index (χ4n) is 3.97. The second-order valence-electron chi connectivity index (χ2n) is 8.09. The molecule has 172 valence electrons. The smallest absolute Gasteiger partial charge is 0.306 e. The van der Waals surface area contributed by atoms with E-state index in [0.717, 1.165) is 19.3 Å². The number of ketones is 1. The fraction of sp³-hybridized carbons (Fsp3) is 0.269. The number of aryl methyl sites for hydroxylation is 2. The fourth-order valence-corrected chi connectivity index (χ4v) is 3.97. The number of fused-ring (bicyclic) bond motifs is 1. The lowest BCUT2D eigenvalue weighted by Crippen LogP contribution is -2.23. The average molecular weight is 457 g/mol. The van der Waals surface area contributed by atoms with E-state index in [1.54, 1.807) is 12.1 Å². The highest BCUT2D eigenvalue weighted by Crippen LogP contribution is 2.23. The predicted molar refractivity (Wildman–Crippen MR) is 125 cm³/mol. The molecule has 0 aliphatic heterocycles. The molecular weight excluding hydrogens is 432 g/mol. The zero-order valence-electron chi connectivity index (χ0n) is 18.6. The van der Waals surface area contributed by atoms with E-state index in [4.69, 9.17) is 4.74 Å². The molecule has 0 saturated carbocycles. The van der Waals surface area contributed by atoms with Gasteiger partial charge in [-0.05, 0) is 55.0 Å². The number of aromatic nitrogens is 2. The van der Waals surface area contributed by atoms with Crippen LogP contribution in [0.25, 0.3) is 5.69 Å². The third kappa shape index (κ3) is 5.38. The molecule has 1 N–H and O–H groups in total. The highest BCUT2D eigenvalue weighted by molar-refractivity contribution is 5.98. The number of para-hydroxylation sites is 1. The van der Waals surface area contributed by atoms with E-state index in [-0.39, 0.29) is 30.0 Å². The van der Waals surface area contributed by atoms with Crippen LogP contribution in [0.15, 0.2) is 54.7 Å². The van der Waals surface area contributed by atoms with Gasteiger partial charge < -0.3 is 10.1 Å². The number of hydrogen-bond donors (Lipinski definition) is 1. The van der Waals surface area contributed by atoms with E-state index >= 15 is 0 Å². The summed E-state index contributed by atoms with van der Waals surface area (Å²) in [5.74, 6) is -1.18. The summed E-state index contributed by atoms with van der Waals surface area (Å²) >= 11 is 0. The Hall–Kier alpha value is -4.25. The van der Waals surface area contributed by atoms with Gasteiger partial charge in [0.25, 0.3) is 5.91 Å². The quantitative estimate of drug-likeness (QED) is 0.408. The number of nitrogens with one attached hydrogen (secondary N) is 1. The number of nitrogens with zero attached hydrogens (tertiary/aromatic N) is 3. The van der Waals surface area contributed by atoms with Gasteiger partial charge in [0.05, 0.1) is 18.3 Å². The summed E-state index contributed by atoms with van der Waals surface area (Å²) in [5, 5.41) is 16.0. The van der Waals surface area contributed by atoms with Crippen molar-refractivity contribution >= 4 is 23.5 Å². The molecule has 1 aliphatic carbocycles. The SMILES string of the molecule is N#Cc1cnn(-c2ccccc2)c1NC(=O)COC(=O)CCC(=O)c1ccc2c(c1)CCCC2. The number of carbonyl (C=O) groups is 3. The maximum absolute atomic E-state index is 12.5. The van der Waals surface area contributed by atoms with Crippen LogP contribution < -0.4 is 5.32 Å². The van der Waals surface area contributed by atoms with Crippen molar-refractivity contribution in [2.24, 2.45) is 0 Å². The molecule has 0 atom stereocenters. The van der Waals surface area contributed by atoms with Gasteiger partial charge >= 0.3 is 5.97 Å². The van der Waals surface area contributed by atoms with Gasteiger partial charge in [0, 0.05) is 12.0 Å². The lowest BCUT2D eigenvalue weighted by molar-refractivity contribution is -0.147. The third-order valence-corrected chi connectivity index (χ3v) is 5.74. The largest absolute Gasteiger partial charge is 0.456 e. The van der Waals surface area contributed by atoms with Gasteiger partial charge in [-0.1, -0.05) is 30.3 Å². The number of ether oxygens (including phenoxy) is 1. The van der Waals surface area contributed by atoms with Crippen LogP contribution >= 0.6 is 0 Å². The predicted octanol–water partition coefficient (Wildman–Crippen LogP) is 3.77. The standard InChI is InChI=1S/C26H24N4O4/c27-15-21-16-28-30(22-8-2-1-3-9-22)26(21)29-24(32)17-34-25(33)13-12-23(31)20-11-10-18-6-4-5-7-19(18)14-20/h1-3,8-11,14,16H,4-7,12-13,17H2,(H,29,32). The first-order valence-corrected chi connectivity index (χ1v) is 11.2. The number of benzene rings is 2. The van der Waals surface area contributed by atoms with E-state index in [0.29, 0.717) is 11.3 Å². The molecule has 3 aromatic rings. The Morgan fingerprint density at radius 1 is 1.03 bits per heavy atom. The molecule has 1 heterocycles. The van der Waals surface area contributed by atoms with E-state index in [1.807, 2.05) is 42.5 Å². The maximum Gasteiger partial charge on any atom is 0.306 e. The number of nitriles is 1. The van der Waals surface area contributed by atoms with Crippen molar-refractivity contribution in [3.63, 3.8) is 0 Å². The topological polar surface area (TPSA) is 114 Å². The first-order valence-electron chi connectivity index (χ1n) is 11.2.